The number of rotatable bonds is 8. The number of hydrogen-bond donors (Lipinski definition) is 3. The minimum atomic E-state index is -1.20. The van der Waals surface area contributed by atoms with Crippen LogP contribution in [-0.4, -0.2) is 80.3 Å². The number of tetrazole rings is 1. The molecule has 174 valence electrons. The average Bonchev–Trinajstić information content (AvgIpc) is 3.40. The highest BCUT2D eigenvalue weighted by Crippen LogP contribution is 2.41. The summed E-state index contributed by atoms with van der Waals surface area (Å²) in [5.74, 6) is -1.29. The molecule has 2 aliphatic heterocycles. The number of carboxylic acids is 1. The molecule has 33 heavy (non-hydrogen) atoms. The second kappa shape index (κ2) is 9.48. The summed E-state index contributed by atoms with van der Waals surface area (Å²) in [6, 6.07) is -0.856. The highest BCUT2D eigenvalue weighted by atomic mass is 32.2. The third-order valence-electron chi connectivity index (χ3n) is 4.83. The number of carbonyl (C=O) groups is 3. The number of nitrogens with zero attached hydrogens (tertiary/aromatic N) is 7. The molecule has 1 fully saturated rings. The van der Waals surface area contributed by atoms with Gasteiger partial charge in [0.05, 0.1) is 5.57 Å². The van der Waals surface area contributed by atoms with Crippen LogP contribution < -0.4 is 11.1 Å². The fourth-order valence-corrected chi connectivity index (χ4v) is 6.12. The number of aromatic nitrogens is 6. The van der Waals surface area contributed by atoms with Crippen molar-refractivity contribution in [1.82, 2.24) is 39.8 Å². The lowest BCUT2D eigenvalue weighted by Crippen LogP contribution is -2.70. The van der Waals surface area contributed by atoms with Crippen LogP contribution in [0.3, 0.4) is 0 Å². The van der Waals surface area contributed by atoms with Gasteiger partial charge in [0.15, 0.2) is 11.0 Å². The van der Waals surface area contributed by atoms with Crippen molar-refractivity contribution < 1.29 is 19.5 Å². The van der Waals surface area contributed by atoms with E-state index in [1.165, 1.54) is 33.1 Å². The van der Waals surface area contributed by atoms with Gasteiger partial charge in [-0.15, -0.1) is 16.9 Å². The Balaban J connectivity index is 1.49. The quantitative estimate of drug-likeness (QED) is 0.246. The van der Waals surface area contributed by atoms with Crippen LogP contribution in [0.25, 0.3) is 5.57 Å². The van der Waals surface area contributed by atoms with E-state index in [0.717, 1.165) is 11.5 Å². The van der Waals surface area contributed by atoms with Gasteiger partial charge in [0.2, 0.25) is 5.16 Å². The summed E-state index contributed by atoms with van der Waals surface area (Å²) in [6.07, 6.45) is 2.21. The molecule has 2 atom stereocenters. The Kier molecular flexibility index (Phi) is 6.66. The number of carbonyl (C=O) groups excluding carboxylic acids is 2. The van der Waals surface area contributed by atoms with Gasteiger partial charge in [-0.2, -0.15) is 9.36 Å². The van der Waals surface area contributed by atoms with Crippen molar-refractivity contribution in [3.63, 3.8) is 0 Å². The molecule has 1 unspecified atom stereocenters. The van der Waals surface area contributed by atoms with E-state index in [0.29, 0.717) is 28.7 Å². The second-order valence-electron chi connectivity index (χ2n) is 6.97. The van der Waals surface area contributed by atoms with Crippen LogP contribution in [0.2, 0.25) is 0 Å². The zero-order valence-electron chi connectivity index (χ0n) is 17.5. The molecule has 2 aromatic heterocycles. The smallest absolute Gasteiger partial charge is 0.352 e. The number of nitrogen functional groups attached to an aromatic ring is 1. The number of carboxylic acid groups (broad SMARTS) is 1. The number of fused-ring (bicyclic) bond motifs is 1. The second-order valence-corrected chi connectivity index (χ2v) is 9.81. The summed E-state index contributed by atoms with van der Waals surface area (Å²) in [4.78, 5) is 43.0. The number of allylic oxidation sites excluding steroid dienone is 1. The molecular weight excluding hydrogens is 490 g/mol. The van der Waals surface area contributed by atoms with Gasteiger partial charge in [-0.25, -0.2) is 9.48 Å². The van der Waals surface area contributed by atoms with Crippen LogP contribution in [0.15, 0.2) is 22.5 Å². The Hall–Kier alpha value is -2.98. The fraction of sp³-hybridized carbons (Fsp3) is 0.412. The Labute approximate surface area is 200 Å². The van der Waals surface area contributed by atoms with Gasteiger partial charge < -0.3 is 16.2 Å². The van der Waals surface area contributed by atoms with Crippen molar-refractivity contribution in [1.29, 1.82) is 0 Å². The zero-order valence-corrected chi connectivity index (χ0v) is 19.9. The van der Waals surface area contributed by atoms with Gasteiger partial charge in [-0.3, -0.25) is 14.5 Å². The third kappa shape index (κ3) is 4.45. The first-order chi connectivity index (χ1) is 15.8. The summed E-state index contributed by atoms with van der Waals surface area (Å²) in [6.45, 7) is 1.86. The van der Waals surface area contributed by atoms with Crippen LogP contribution >= 0.6 is 35.1 Å². The maximum Gasteiger partial charge on any atom is 0.352 e. The number of anilines is 1. The molecule has 0 spiro atoms. The fourth-order valence-electron chi connectivity index (χ4n) is 3.34. The van der Waals surface area contributed by atoms with Crippen molar-refractivity contribution >= 4 is 63.5 Å². The lowest BCUT2D eigenvalue weighted by molar-refractivity contribution is -0.150. The summed E-state index contributed by atoms with van der Waals surface area (Å²) in [7, 11) is 1.68. The minimum Gasteiger partial charge on any atom is -0.477 e. The standard InChI is InChI=1S/C17H19N9O4S3/c1-3-4-8(11-20-16(18)33-22-11)12(27)19-9-13(28)26-10(15(29)30)7(5-31-14(9)26)6-32-17-21-23-24-25(17)2/h4,9,14H,3,5-6H2,1-2H3,(H,19,27)(H,29,30)(H2,18,20,22)/t9?,14-/m0/s1. The topological polar surface area (TPSA) is 182 Å². The summed E-state index contributed by atoms with van der Waals surface area (Å²) < 4.78 is 5.56. The zero-order chi connectivity index (χ0) is 23.7. The number of thioether (sulfide) groups is 2. The van der Waals surface area contributed by atoms with E-state index in [1.54, 1.807) is 13.1 Å². The van der Waals surface area contributed by atoms with E-state index >= 15 is 0 Å². The van der Waals surface area contributed by atoms with E-state index in [2.05, 4.69) is 30.2 Å². The molecule has 2 amide bonds. The highest BCUT2D eigenvalue weighted by Gasteiger charge is 2.54. The first-order valence-electron chi connectivity index (χ1n) is 9.67. The molecule has 4 heterocycles. The van der Waals surface area contributed by atoms with E-state index in [9.17, 15) is 19.5 Å². The van der Waals surface area contributed by atoms with Crippen molar-refractivity contribution in [3.05, 3.63) is 23.2 Å². The highest BCUT2D eigenvalue weighted by molar-refractivity contribution is 8.01. The molecule has 2 aromatic rings. The van der Waals surface area contributed by atoms with Crippen LogP contribution in [0.1, 0.15) is 19.2 Å². The molecule has 1 saturated heterocycles. The number of aryl methyl sites for hydroxylation is 1. The van der Waals surface area contributed by atoms with E-state index in [4.69, 9.17) is 5.73 Å². The summed E-state index contributed by atoms with van der Waals surface area (Å²) in [5.41, 5.74) is 6.38. The number of nitrogens with two attached hydrogens (primary N) is 1. The molecular formula is C17H19N9O4S3. The van der Waals surface area contributed by atoms with Gasteiger partial charge in [-0.1, -0.05) is 24.8 Å². The molecule has 0 aliphatic carbocycles. The average molecular weight is 510 g/mol. The van der Waals surface area contributed by atoms with Crippen LogP contribution in [-0.2, 0) is 21.4 Å². The van der Waals surface area contributed by atoms with E-state index < -0.39 is 29.2 Å². The Bertz CT molecular complexity index is 1170. The SMILES string of the molecule is CCC=C(C(=O)NC1C(=O)N2C(C(=O)O)=C(CSc3nnnn3C)CS[C@@H]12)c1nsc(N)n1. The van der Waals surface area contributed by atoms with Crippen LogP contribution in [0.5, 0.6) is 0 Å². The Morgan fingerprint density at radius 3 is 2.82 bits per heavy atom. The Morgan fingerprint density at radius 2 is 2.21 bits per heavy atom. The van der Waals surface area contributed by atoms with Gasteiger partial charge >= 0.3 is 5.97 Å². The van der Waals surface area contributed by atoms with Crippen molar-refractivity contribution in [2.45, 2.75) is 29.9 Å². The van der Waals surface area contributed by atoms with Crippen LogP contribution in [0, 0.1) is 0 Å². The third-order valence-corrected chi connectivity index (χ3v) is 7.81. The number of hydrogen-bond acceptors (Lipinski definition) is 12. The summed E-state index contributed by atoms with van der Waals surface area (Å²) >= 11 is 3.65. The van der Waals surface area contributed by atoms with Gasteiger partial charge in [0.1, 0.15) is 17.1 Å². The molecule has 2 aliphatic rings. The Morgan fingerprint density at radius 1 is 1.42 bits per heavy atom. The van der Waals surface area contributed by atoms with E-state index in [1.807, 2.05) is 6.92 Å². The molecule has 0 bridgehead atoms. The van der Waals surface area contributed by atoms with Crippen molar-refractivity contribution in [3.8, 4) is 0 Å². The molecule has 16 heteroatoms. The lowest BCUT2D eigenvalue weighted by atomic mass is 10.0. The largest absolute Gasteiger partial charge is 0.477 e. The molecule has 0 saturated carbocycles. The normalized spacial score (nSPS) is 20.5. The van der Waals surface area contributed by atoms with E-state index in [-0.39, 0.29) is 22.2 Å². The molecule has 13 nitrogen and oxygen atoms in total. The number of nitrogens with one attached hydrogen (secondary N) is 1. The van der Waals surface area contributed by atoms with Gasteiger partial charge in [0, 0.05) is 30.1 Å². The number of amides is 2. The first-order valence-corrected chi connectivity index (χ1v) is 12.5. The van der Waals surface area contributed by atoms with Crippen molar-refractivity contribution in [2.75, 3.05) is 17.2 Å². The molecule has 0 radical (unpaired) electrons. The predicted molar refractivity (Wildman–Crippen MR) is 122 cm³/mol. The van der Waals surface area contributed by atoms with Gasteiger partial charge in [0.25, 0.3) is 11.8 Å². The van der Waals surface area contributed by atoms with Gasteiger partial charge in [-0.05, 0) is 22.4 Å². The van der Waals surface area contributed by atoms with Crippen molar-refractivity contribution in [2.24, 2.45) is 7.05 Å². The maximum absolute atomic E-state index is 12.9. The molecule has 4 rings (SSSR count). The maximum atomic E-state index is 12.9. The minimum absolute atomic E-state index is 0.0601. The monoisotopic (exact) mass is 509 g/mol. The predicted octanol–water partition coefficient (Wildman–Crippen LogP) is -0.0319. The number of β-lactam (4-membered cyclic amide) rings is 1. The summed E-state index contributed by atoms with van der Waals surface area (Å²) in [5, 5.41) is 23.9. The number of aliphatic carboxylic acids is 1. The molecule has 0 aromatic carbocycles. The molecule has 4 N–H and O–H groups in total. The first kappa shape index (κ1) is 23.2. The lowest BCUT2D eigenvalue weighted by Gasteiger charge is -2.49. The van der Waals surface area contributed by atoms with Crippen LogP contribution in [0.4, 0.5) is 5.13 Å².